The van der Waals surface area contributed by atoms with Gasteiger partial charge in [-0.1, -0.05) is 37.3 Å². The van der Waals surface area contributed by atoms with Gasteiger partial charge in [0.2, 0.25) is 0 Å². The fourth-order valence-corrected chi connectivity index (χ4v) is 2.94. The summed E-state index contributed by atoms with van der Waals surface area (Å²) in [6, 6.07) is 10.3. The summed E-state index contributed by atoms with van der Waals surface area (Å²) in [6.45, 7) is 4.66. The van der Waals surface area contributed by atoms with Crippen molar-refractivity contribution in [1.29, 1.82) is 0 Å². The first-order valence-corrected chi connectivity index (χ1v) is 7.40. The van der Waals surface area contributed by atoms with Gasteiger partial charge < -0.3 is 10.1 Å². The van der Waals surface area contributed by atoms with Crippen molar-refractivity contribution in [3.8, 4) is 11.3 Å². The number of nitrogens with zero attached hydrogens (tertiary/aromatic N) is 1. The first-order chi connectivity index (χ1) is 9.35. The number of ether oxygens (including phenoxy) is 1. The number of thiazole rings is 1. The molecule has 3 nitrogen and oxygen atoms in total. The van der Waals surface area contributed by atoms with Crippen LogP contribution >= 0.6 is 11.3 Å². The van der Waals surface area contributed by atoms with Crippen LogP contribution in [0.15, 0.2) is 30.3 Å². The predicted molar refractivity (Wildman–Crippen MR) is 80.3 cm³/mol. The summed E-state index contributed by atoms with van der Waals surface area (Å²) in [4.78, 5) is 5.99. The van der Waals surface area contributed by atoms with Gasteiger partial charge in [0.1, 0.15) is 5.01 Å². The van der Waals surface area contributed by atoms with E-state index < -0.39 is 0 Å². The third-order valence-corrected chi connectivity index (χ3v) is 3.80. The first kappa shape index (κ1) is 14.2. The van der Waals surface area contributed by atoms with Crippen LogP contribution in [0.3, 0.4) is 0 Å². The molecule has 0 aliphatic rings. The number of methoxy groups -OCH3 is 1. The van der Waals surface area contributed by atoms with Gasteiger partial charge >= 0.3 is 0 Å². The van der Waals surface area contributed by atoms with Crippen LogP contribution in [0.2, 0.25) is 0 Å². The van der Waals surface area contributed by atoms with E-state index >= 15 is 0 Å². The maximum absolute atomic E-state index is 5.19. The summed E-state index contributed by atoms with van der Waals surface area (Å²) < 4.78 is 5.19. The number of hydrogen-bond acceptors (Lipinski definition) is 4. The zero-order valence-corrected chi connectivity index (χ0v) is 12.3. The normalized spacial score (nSPS) is 10.8. The van der Waals surface area contributed by atoms with Gasteiger partial charge in [0.05, 0.1) is 12.3 Å². The van der Waals surface area contributed by atoms with Crippen LogP contribution in [-0.2, 0) is 17.9 Å². The molecule has 1 heterocycles. The first-order valence-electron chi connectivity index (χ1n) is 6.58. The molecule has 0 saturated heterocycles. The third kappa shape index (κ3) is 3.86. The van der Waals surface area contributed by atoms with Crippen LogP contribution in [0, 0.1) is 0 Å². The van der Waals surface area contributed by atoms with Crippen LogP contribution in [0.1, 0.15) is 23.2 Å². The summed E-state index contributed by atoms with van der Waals surface area (Å²) in [5.41, 5.74) is 2.26. The van der Waals surface area contributed by atoms with Gasteiger partial charge in [-0.2, -0.15) is 0 Å². The lowest BCUT2D eigenvalue weighted by molar-refractivity contribution is 0.184. The van der Waals surface area contributed by atoms with E-state index in [1.54, 1.807) is 18.4 Å². The maximum Gasteiger partial charge on any atom is 0.119 e. The highest BCUT2D eigenvalue weighted by Crippen LogP contribution is 2.28. The molecule has 1 N–H and O–H groups in total. The molecule has 0 aliphatic heterocycles. The zero-order chi connectivity index (χ0) is 13.5. The molecule has 0 spiro atoms. The highest BCUT2D eigenvalue weighted by molar-refractivity contribution is 7.12. The van der Waals surface area contributed by atoms with Crippen molar-refractivity contribution in [1.82, 2.24) is 10.3 Å². The fourth-order valence-electron chi connectivity index (χ4n) is 1.91. The monoisotopic (exact) mass is 276 g/mol. The Bertz CT molecular complexity index is 496. The number of nitrogens with one attached hydrogen (secondary N) is 1. The number of benzene rings is 1. The van der Waals surface area contributed by atoms with Crippen molar-refractivity contribution in [2.45, 2.75) is 26.5 Å². The topological polar surface area (TPSA) is 34.1 Å². The van der Waals surface area contributed by atoms with Crippen LogP contribution in [0.4, 0.5) is 0 Å². The van der Waals surface area contributed by atoms with Crippen molar-refractivity contribution in [2.75, 3.05) is 13.7 Å². The highest BCUT2D eigenvalue weighted by atomic mass is 32.1. The van der Waals surface area contributed by atoms with Gasteiger partial charge in [0.15, 0.2) is 0 Å². The largest absolute Gasteiger partial charge is 0.378 e. The second-order valence-electron chi connectivity index (χ2n) is 4.36. The van der Waals surface area contributed by atoms with Gasteiger partial charge in [-0.25, -0.2) is 4.98 Å². The Balaban J connectivity index is 2.23. The summed E-state index contributed by atoms with van der Waals surface area (Å²) in [7, 11) is 1.71. The molecular weight excluding hydrogens is 256 g/mol. The Labute approximate surface area is 118 Å². The molecule has 0 bridgehead atoms. The van der Waals surface area contributed by atoms with Gasteiger partial charge in [-0.15, -0.1) is 11.3 Å². The van der Waals surface area contributed by atoms with Gasteiger partial charge in [-0.05, 0) is 13.0 Å². The molecule has 19 heavy (non-hydrogen) atoms. The fraction of sp³-hybridized carbons (Fsp3) is 0.400. The second kappa shape index (κ2) is 7.38. The molecular formula is C15H20N2OS. The average molecular weight is 276 g/mol. The Morgan fingerprint density at radius 2 is 2.05 bits per heavy atom. The summed E-state index contributed by atoms with van der Waals surface area (Å²) >= 11 is 1.73. The van der Waals surface area contributed by atoms with E-state index in [0.29, 0.717) is 6.61 Å². The minimum absolute atomic E-state index is 0.582. The van der Waals surface area contributed by atoms with E-state index in [2.05, 4.69) is 24.4 Å². The molecule has 4 heteroatoms. The van der Waals surface area contributed by atoms with E-state index in [0.717, 1.165) is 30.2 Å². The molecule has 2 aromatic rings. The molecule has 0 radical (unpaired) electrons. The highest BCUT2D eigenvalue weighted by Gasteiger charge is 2.12. The minimum atomic E-state index is 0.582. The molecule has 1 aromatic carbocycles. The molecule has 0 amide bonds. The molecule has 2 rings (SSSR count). The predicted octanol–water partition coefficient (Wildman–Crippen LogP) is 3.46. The van der Waals surface area contributed by atoms with E-state index in [1.165, 1.54) is 10.4 Å². The molecule has 0 saturated carbocycles. The lowest BCUT2D eigenvalue weighted by Crippen LogP contribution is -2.13. The van der Waals surface area contributed by atoms with Gasteiger partial charge in [0, 0.05) is 24.1 Å². The van der Waals surface area contributed by atoms with Crippen molar-refractivity contribution in [3.05, 3.63) is 40.2 Å². The smallest absolute Gasteiger partial charge is 0.119 e. The van der Waals surface area contributed by atoms with Crippen molar-refractivity contribution in [2.24, 2.45) is 0 Å². The molecule has 0 atom stereocenters. The molecule has 102 valence electrons. The van der Waals surface area contributed by atoms with Crippen molar-refractivity contribution >= 4 is 11.3 Å². The van der Waals surface area contributed by atoms with Crippen LogP contribution < -0.4 is 5.32 Å². The van der Waals surface area contributed by atoms with Gasteiger partial charge in [0.25, 0.3) is 0 Å². The number of aromatic nitrogens is 1. The standard InChI is InChI=1S/C15H20N2OS/c1-3-9-16-10-13-15(12-7-5-4-6-8-12)17-14(19-13)11-18-2/h4-8,16H,3,9-11H2,1-2H3. The van der Waals surface area contributed by atoms with Crippen LogP contribution in [-0.4, -0.2) is 18.6 Å². The van der Waals surface area contributed by atoms with E-state index in [4.69, 9.17) is 9.72 Å². The molecule has 0 fully saturated rings. The molecule has 1 aromatic heterocycles. The zero-order valence-electron chi connectivity index (χ0n) is 11.5. The molecule has 0 aliphatic carbocycles. The quantitative estimate of drug-likeness (QED) is 0.786. The van der Waals surface area contributed by atoms with Gasteiger partial charge in [-0.3, -0.25) is 0 Å². The number of rotatable bonds is 7. The third-order valence-electron chi connectivity index (χ3n) is 2.77. The second-order valence-corrected chi connectivity index (χ2v) is 5.52. The maximum atomic E-state index is 5.19. The van der Waals surface area contributed by atoms with Crippen LogP contribution in [0.25, 0.3) is 11.3 Å². The Kier molecular flexibility index (Phi) is 5.51. The summed E-state index contributed by atoms with van der Waals surface area (Å²) in [5, 5.41) is 4.48. The Hall–Kier alpha value is -1.23. The average Bonchev–Trinajstić information content (AvgIpc) is 2.84. The van der Waals surface area contributed by atoms with Crippen molar-refractivity contribution in [3.63, 3.8) is 0 Å². The Morgan fingerprint density at radius 1 is 1.26 bits per heavy atom. The van der Waals surface area contributed by atoms with Crippen molar-refractivity contribution < 1.29 is 4.74 Å². The minimum Gasteiger partial charge on any atom is -0.378 e. The van der Waals surface area contributed by atoms with Crippen LogP contribution in [0.5, 0.6) is 0 Å². The SMILES string of the molecule is CCCNCc1sc(COC)nc1-c1ccccc1. The van der Waals surface area contributed by atoms with E-state index in [9.17, 15) is 0 Å². The lowest BCUT2D eigenvalue weighted by atomic mass is 10.1. The Morgan fingerprint density at radius 3 is 2.74 bits per heavy atom. The number of hydrogen-bond donors (Lipinski definition) is 1. The molecule has 0 unspecified atom stereocenters. The summed E-state index contributed by atoms with van der Waals surface area (Å²) in [5.74, 6) is 0. The van der Waals surface area contributed by atoms with E-state index in [1.807, 2.05) is 18.2 Å². The summed E-state index contributed by atoms with van der Waals surface area (Å²) in [6.07, 6.45) is 1.14. The van der Waals surface area contributed by atoms with E-state index in [-0.39, 0.29) is 0 Å². The lowest BCUT2D eigenvalue weighted by Gasteiger charge is -2.03.